The molecule has 0 bridgehead atoms. The first-order valence-electron chi connectivity index (χ1n) is 14.8. The van der Waals surface area contributed by atoms with Crippen LogP contribution in [-0.2, 0) is 11.4 Å². The van der Waals surface area contributed by atoms with Gasteiger partial charge in [0.1, 0.15) is 18.1 Å². The quantitative estimate of drug-likeness (QED) is 0.151. The third kappa shape index (κ3) is 7.52. The van der Waals surface area contributed by atoms with E-state index in [1.807, 2.05) is 85.8 Å². The summed E-state index contributed by atoms with van der Waals surface area (Å²) in [5, 5.41) is 3.91. The number of fused-ring (bicyclic) bond motifs is 1. The number of nitrogens with one attached hydrogen (secondary N) is 1. The van der Waals surface area contributed by atoms with Gasteiger partial charge in [-0.25, -0.2) is 4.99 Å². The SMILES string of the molecule is CCOc1ccc([C@@H]2C(C(=O)Nc3ccccc3)=C(C)N=c3s/c(=C\c4cc(I)cc(I)c4OCc4ccc(Cl)c(Cl)c4)c(=O)n32)cc1. The third-order valence-corrected chi connectivity index (χ3v) is 10.6. The predicted molar refractivity (Wildman–Crippen MR) is 209 cm³/mol. The summed E-state index contributed by atoms with van der Waals surface area (Å²) in [5.74, 6) is 1.00. The Labute approximate surface area is 318 Å². The van der Waals surface area contributed by atoms with Crippen LogP contribution in [0.1, 0.15) is 36.6 Å². The second kappa shape index (κ2) is 15.2. The second-order valence-electron chi connectivity index (χ2n) is 10.7. The predicted octanol–water partition coefficient (Wildman–Crippen LogP) is 8.37. The summed E-state index contributed by atoms with van der Waals surface area (Å²) in [5.41, 5.74) is 3.66. The van der Waals surface area contributed by atoms with Gasteiger partial charge in [-0.05, 0) is 125 Å². The van der Waals surface area contributed by atoms with Crippen LogP contribution in [0.4, 0.5) is 5.69 Å². The van der Waals surface area contributed by atoms with E-state index in [4.69, 9.17) is 37.7 Å². The van der Waals surface area contributed by atoms with Crippen molar-refractivity contribution in [2.24, 2.45) is 4.99 Å². The Morgan fingerprint density at radius 2 is 1.75 bits per heavy atom. The maximum atomic E-state index is 14.4. The van der Waals surface area contributed by atoms with Gasteiger partial charge in [-0.2, -0.15) is 0 Å². The Morgan fingerprint density at radius 3 is 2.46 bits per heavy atom. The molecule has 0 saturated carbocycles. The number of nitrogens with zero attached hydrogens (tertiary/aromatic N) is 2. The normalized spacial score (nSPS) is 14.4. The summed E-state index contributed by atoms with van der Waals surface area (Å²) in [6.45, 7) is 4.50. The number of aromatic nitrogens is 1. The maximum absolute atomic E-state index is 14.4. The summed E-state index contributed by atoms with van der Waals surface area (Å²) in [6, 6.07) is 25.3. The number of rotatable bonds is 9. The minimum absolute atomic E-state index is 0.256. The van der Waals surface area contributed by atoms with Crippen LogP contribution < -0.4 is 29.7 Å². The molecule has 1 aliphatic heterocycles. The highest BCUT2D eigenvalue weighted by Crippen LogP contribution is 2.33. The fraction of sp³-hybridized carbons (Fsp3) is 0.139. The van der Waals surface area contributed by atoms with Crippen molar-refractivity contribution in [3.63, 3.8) is 0 Å². The van der Waals surface area contributed by atoms with Crippen molar-refractivity contribution < 1.29 is 14.3 Å². The first-order valence-corrected chi connectivity index (χ1v) is 18.5. The van der Waals surface area contributed by atoms with Gasteiger partial charge >= 0.3 is 0 Å². The molecule has 0 unspecified atom stereocenters. The van der Waals surface area contributed by atoms with Crippen molar-refractivity contribution >= 4 is 97.4 Å². The van der Waals surface area contributed by atoms with E-state index in [9.17, 15) is 9.59 Å². The van der Waals surface area contributed by atoms with Crippen LogP contribution in [0.3, 0.4) is 0 Å². The highest BCUT2D eigenvalue weighted by molar-refractivity contribution is 14.1. The van der Waals surface area contributed by atoms with Gasteiger partial charge < -0.3 is 14.8 Å². The summed E-state index contributed by atoms with van der Waals surface area (Å²) in [4.78, 5) is 33.5. The summed E-state index contributed by atoms with van der Waals surface area (Å²) >= 11 is 18.1. The van der Waals surface area contributed by atoms with E-state index in [0.717, 1.165) is 23.8 Å². The zero-order chi connectivity index (χ0) is 33.9. The molecule has 0 spiro atoms. The Kier molecular flexibility index (Phi) is 11.0. The zero-order valence-corrected chi connectivity index (χ0v) is 32.2. The number of thiazole rings is 1. The van der Waals surface area contributed by atoms with Crippen LogP contribution in [0.25, 0.3) is 6.08 Å². The van der Waals surface area contributed by atoms with E-state index in [0.29, 0.717) is 54.4 Å². The minimum atomic E-state index is -0.718. The standard InChI is InChI=1S/C36H27Cl2I2N3O4S/c1-3-46-26-12-10-22(11-13-26)32-31(34(44)42-25-7-5-4-6-8-25)20(2)41-36-43(32)35(45)30(48-36)17-23-16-24(39)18-29(40)33(23)47-19-21-9-14-27(37)28(38)15-21/h4-18,32H,3,19H2,1-2H3,(H,42,44)/b30-17-/t32-/m1/s1. The lowest BCUT2D eigenvalue weighted by molar-refractivity contribution is -0.113. The fourth-order valence-corrected chi connectivity index (χ4v) is 8.73. The molecule has 6 rings (SSSR count). The number of anilines is 1. The van der Waals surface area contributed by atoms with Crippen molar-refractivity contribution in [1.29, 1.82) is 0 Å². The van der Waals surface area contributed by atoms with Gasteiger partial charge in [0.05, 0.1) is 42.1 Å². The van der Waals surface area contributed by atoms with Crippen molar-refractivity contribution in [2.75, 3.05) is 11.9 Å². The van der Waals surface area contributed by atoms with Crippen LogP contribution in [0.15, 0.2) is 106 Å². The monoisotopic (exact) mass is 921 g/mol. The van der Waals surface area contributed by atoms with Crippen LogP contribution in [0, 0.1) is 7.14 Å². The Morgan fingerprint density at radius 1 is 1.00 bits per heavy atom. The van der Waals surface area contributed by atoms with Gasteiger partial charge in [0.15, 0.2) is 4.80 Å². The number of para-hydroxylation sites is 1. The van der Waals surface area contributed by atoms with Crippen LogP contribution in [-0.4, -0.2) is 17.1 Å². The van der Waals surface area contributed by atoms with Crippen molar-refractivity contribution in [3.05, 3.63) is 150 Å². The number of benzene rings is 4. The van der Waals surface area contributed by atoms with Gasteiger partial charge in [-0.1, -0.05) is 70.9 Å². The maximum Gasteiger partial charge on any atom is 0.271 e. The van der Waals surface area contributed by atoms with Crippen LogP contribution in [0.5, 0.6) is 11.5 Å². The van der Waals surface area contributed by atoms with E-state index in [1.54, 1.807) is 23.6 Å². The molecule has 12 heteroatoms. The molecule has 0 aliphatic carbocycles. The molecule has 2 heterocycles. The van der Waals surface area contributed by atoms with Gasteiger partial charge in [-0.3, -0.25) is 14.2 Å². The molecule has 0 radical (unpaired) electrons. The average molecular weight is 922 g/mol. The fourth-order valence-electron chi connectivity index (χ4n) is 5.33. The number of allylic oxidation sites excluding steroid dienone is 1. The summed E-state index contributed by atoms with van der Waals surface area (Å²) < 4.78 is 15.9. The van der Waals surface area contributed by atoms with E-state index >= 15 is 0 Å². The van der Waals surface area contributed by atoms with Crippen LogP contribution in [0.2, 0.25) is 10.0 Å². The Balaban J connectivity index is 1.45. The molecule has 244 valence electrons. The number of carbonyl (C=O) groups excluding carboxylic acids is 1. The molecule has 7 nitrogen and oxygen atoms in total. The molecule has 5 aromatic rings. The molecule has 0 fully saturated rings. The lowest BCUT2D eigenvalue weighted by Gasteiger charge is -2.25. The number of halogens is 4. The van der Waals surface area contributed by atoms with Crippen molar-refractivity contribution in [3.8, 4) is 11.5 Å². The largest absolute Gasteiger partial charge is 0.494 e. The van der Waals surface area contributed by atoms with Gasteiger partial charge in [0, 0.05) is 14.8 Å². The number of hydrogen-bond acceptors (Lipinski definition) is 6. The zero-order valence-electron chi connectivity index (χ0n) is 25.6. The molecule has 4 aromatic carbocycles. The molecule has 1 aliphatic rings. The highest BCUT2D eigenvalue weighted by atomic mass is 127. The number of hydrogen-bond donors (Lipinski definition) is 1. The van der Waals surface area contributed by atoms with E-state index < -0.39 is 6.04 Å². The molecule has 1 aromatic heterocycles. The molecular weight excluding hydrogens is 895 g/mol. The van der Waals surface area contributed by atoms with Crippen molar-refractivity contribution in [2.45, 2.75) is 26.5 Å². The highest BCUT2D eigenvalue weighted by Gasteiger charge is 2.32. The Bertz CT molecular complexity index is 2240. The van der Waals surface area contributed by atoms with E-state index in [2.05, 4.69) is 50.5 Å². The average Bonchev–Trinajstić information content (AvgIpc) is 3.36. The van der Waals surface area contributed by atoms with E-state index in [1.165, 1.54) is 11.3 Å². The summed E-state index contributed by atoms with van der Waals surface area (Å²) in [7, 11) is 0. The lowest BCUT2D eigenvalue weighted by atomic mass is 9.95. The molecule has 48 heavy (non-hydrogen) atoms. The van der Waals surface area contributed by atoms with Crippen molar-refractivity contribution in [1.82, 2.24) is 4.57 Å². The van der Waals surface area contributed by atoms with Gasteiger partial charge in [0.25, 0.3) is 11.5 Å². The van der Waals surface area contributed by atoms with E-state index in [-0.39, 0.29) is 18.1 Å². The van der Waals surface area contributed by atoms with Gasteiger partial charge in [-0.15, -0.1) is 0 Å². The minimum Gasteiger partial charge on any atom is -0.494 e. The molecule has 1 amide bonds. The molecule has 1 atom stereocenters. The number of carbonyl (C=O) groups is 1. The molecule has 0 saturated heterocycles. The van der Waals surface area contributed by atoms with Crippen LogP contribution >= 0.6 is 79.7 Å². The van der Waals surface area contributed by atoms with Gasteiger partial charge in [0.2, 0.25) is 0 Å². The Hall–Kier alpha value is -3.17. The summed E-state index contributed by atoms with van der Waals surface area (Å²) in [6.07, 6.45) is 1.83. The first kappa shape index (κ1) is 34.7. The third-order valence-electron chi connectivity index (χ3n) is 7.50. The smallest absolute Gasteiger partial charge is 0.271 e. The first-order chi connectivity index (χ1) is 23.1. The second-order valence-corrected chi connectivity index (χ2v) is 15.0. The number of amides is 1. The molecular formula is C36H27Cl2I2N3O4S. The lowest BCUT2D eigenvalue weighted by Crippen LogP contribution is -2.40. The molecule has 1 N–H and O–H groups in total. The topological polar surface area (TPSA) is 81.9 Å². The number of ether oxygens (including phenoxy) is 2.